The largest absolute Gasteiger partial charge is 0.312 e. The molecule has 0 atom stereocenters. The van der Waals surface area contributed by atoms with E-state index in [1.165, 1.54) is 30.6 Å². The van der Waals surface area contributed by atoms with Crippen LogP contribution in [0.2, 0.25) is 4.34 Å². The summed E-state index contributed by atoms with van der Waals surface area (Å²) in [7, 11) is 0. The molecule has 4 heteroatoms. The Morgan fingerprint density at radius 1 is 1.53 bits per heavy atom. The Morgan fingerprint density at radius 3 is 2.93 bits per heavy atom. The zero-order chi connectivity index (χ0) is 10.7. The molecule has 1 aliphatic rings. The standard InChI is InChI=1S/C11H15BrClNS/c12-10-6-9(15-11(10)13)7-14-5-1-2-8-3-4-8/h6,8,14H,1-5,7H2. The van der Waals surface area contributed by atoms with Gasteiger partial charge in [-0.2, -0.15) is 0 Å². The second kappa shape index (κ2) is 5.67. The molecule has 0 aliphatic heterocycles. The molecule has 84 valence electrons. The van der Waals surface area contributed by atoms with Crippen LogP contribution >= 0.6 is 38.9 Å². The minimum absolute atomic E-state index is 0.852. The monoisotopic (exact) mass is 307 g/mol. The van der Waals surface area contributed by atoms with E-state index in [9.17, 15) is 0 Å². The number of thiophene rings is 1. The lowest BCUT2D eigenvalue weighted by molar-refractivity contribution is 0.596. The molecule has 0 radical (unpaired) electrons. The predicted molar refractivity (Wildman–Crippen MR) is 70.7 cm³/mol. The van der Waals surface area contributed by atoms with E-state index in [0.29, 0.717) is 0 Å². The molecule has 1 saturated carbocycles. The van der Waals surface area contributed by atoms with Crippen LogP contribution in [0.4, 0.5) is 0 Å². The minimum atomic E-state index is 0.852. The highest BCUT2D eigenvalue weighted by Gasteiger charge is 2.19. The molecule has 0 bridgehead atoms. The molecule has 1 aromatic heterocycles. The average Bonchev–Trinajstić information content (AvgIpc) is 2.95. The van der Waals surface area contributed by atoms with Gasteiger partial charge in [0, 0.05) is 15.9 Å². The Balaban J connectivity index is 1.60. The van der Waals surface area contributed by atoms with Gasteiger partial charge < -0.3 is 5.32 Å². The SMILES string of the molecule is Clc1sc(CNCCCC2CC2)cc1Br. The van der Waals surface area contributed by atoms with Crippen LogP contribution in [0.5, 0.6) is 0 Å². The molecule has 15 heavy (non-hydrogen) atoms. The Bertz CT molecular complexity index is 303. The molecule has 0 spiro atoms. The molecule has 0 saturated heterocycles. The van der Waals surface area contributed by atoms with Gasteiger partial charge in [0.25, 0.3) is 0 Å². The molecule has 1 aromatic rings. The average molecular weight is 309 g/mol. The van der Waals surface area contributed by atoms with Crippen molar-refractivity contribution < 1.29 is 0 Å². The molecule has 0 unspecified atom stereocenters. The van der Waals surface area contributed by atoms with Crippen molar-refractivity contribution in [3.63, 3.8) is 0 Å². The summed E-state index contributed by atoms with van der Waals surface area (Å²) in [6.45, 7) is 2.07. The molecule has 0 aromatic carbocycles. The topological polar surface area (TPSA) is 12.0 Å². The zero-order valence-corrected chi connectivity index (χ0v) is 11.7. The van der Waals surface area contributed by atoms with Gasteiger partial charge in [0.2, 0.25) is 0 Å². The number of hydrogen-bond donors (Lipinski definition) is 1. The van der Waals surface area contributed by atoms with Gasteiger partial charge in [-0.3, -0.25) is 0 Å². The quantitative estimate of drug-likeness (QED) is 0.766. The van der Waals surface area contributed by atoms with Crippen molar-refractivity contribution in [1.82, 2.24) is 5.32 Å². The molecule has 1 aliphatic carbocycles. The first-order valence-electron chi connectivity index (χ1n) is 5.40. The second-order valence-electron chi connectivity index (χ2n) is 4.10. The van der Waals surface area contributed by atoms with E-state index >= 15 is 0 Å². The molecular weight excluding hydrogens is 294 g/mol. The van der Waals surface area contributed by atoms with Gasteiger partial charge in [0.05, 0.1) is 0 Å². The van der Waals surface area contributed by atoms with Crippen LogP contribution in [0, 0.1) is 5.92 Å². The zero-order valence-electron chi connectivity index (χ0n) is 8.56. The van der Waals surface area contributed by atoms with E-state index in [0.717, 1.165) is 27.8 Å². The third kappa shape index (κ3) is 4.06. The van der Waals surface area contributed by atoms with E-state index in [1.54, 1.807) is 11.3 Å². The van der Waals surface area contributed by atoms with Crippen molar-refractivity contribution in [2.45, 2.75) is 32.2 Å². The van der Waals surface area contributed by atoms with Crippen molar-refractivity contribution in [3.8, 4) is 0 Å². The highest BCUT2D eigenvalue weighted by Crippen LogP contribution is 2.33. The maximum atomic E-state index is 5.96. The van der Waals surface area contributed by atoms with Crippen molar-refractivity contribution in [2.24, 2.45) is 5.92 Å². The number of halogens is 2. The summed E-state index contributed by atoms with van der Waals surface area (Å²) in [5.74, 6) is 1.05. The van der Waals surface area contributed by atoms with E-state index in [1.807, 2.05) is 0 Å². The fourth-order valence-corrected chi connectivity index (χ4v) is 3.37. The minimum Gasteiger partial charge on any atom is -0.312 e. The van der Waals surface area contributed by atoms with E-state index in [-0.39, 0.29) is 0 Å². The first-order valence-corrected chi connectivity index (χ1v) is 7.39. The van der Waals surface area contributed by atoms with Gasteiger partial charge in [0.15, 0.2) is 0 Å². The van der Waals surface area contributed by atoms with Gasteiger partial charge in [-0.25, -0.2) is 0 Å². The predicted octanol–water partition coefficient (Wildman–Crippen LogP) is 4.44. The second-order valence-corrected chi connectivity index (χ2v) is 6.69. The van der Waals surface area contributed by atoms with Crippen LogP contribution in [-0.2, 0) is 6.54 Å². The van der Waals surface area contributed by atoms with Gasteiger partial charge in [0.1, 0.15) is 4.34 Å². The van der Waals surface area contributed by atoms with Crippen molar-refractivity contribution in [1.29, 1.82) is 0 Å². The Hall–Kier alpha value is 0.430. The van der Waals surface area contributed by atoms with Gasteiger partial charge >= 0.3 is 0 Å². The van der Waals surface area contributed by atoms with Crippen LogP contribution in [-0.4, -0.2) is 6.54 Å². The van der Waals surface area contributed by atoms with Crippen molar-refractivity contribution in [3.05, 3.63) is 19.8 Å². The number of nitrogens with one attached hydrogen (secondary N) is 1. The number of hydrogen-bond acceptors (Lipinski definition) is 2. The molecule has 1 N–H and O–H groups in total. The molecule has 0 amide bonds. The summed E-state index contributed by atoms with van der Waals surface area (Å²) in [5.41, 5.74) is 0. The summed E-state index contributed by atoms with van der Waals surface area (Å²) in [6.07, 6.45) is 5.65. The van der Waals surface area contributed by atoms with E-state index in [4.69, 9.17) is 11.6 Å². The molecule has 1 fully saturated rings. The first-order chi connectivity index (χ1) is 7.25. The molecular formula is C11H15BrClNS. The smallest absolute Gasteiger partial charge is 0.107 e. The maximum absolute atomic E-state index is 5.96. The summed E-state index contributed by atoms with van der Waals surface area (Å²) in [5, 5.41) is 3.46. The third-order valence-electron chi connectivity index (χ3n) is 2.66. The Labute approximate surface area is 108 Å². The maximum Gasteiger partial charge on any atom is 0.107 e. The normalized spacial score (nSPS) is 15.9. The van der Waals surface area contributed by atoms with Gasteiger partial charge in [-0.15, -0.1) is 11.3 Å². The van der Waals surface area contributed by atoms with Crippen molar-refractivity contribution in [2.75, 3.05) is 6.54 Å². The van der Waals surface area contributed by atoms with Gasteiger partial charge in [-0.1, -0.05) is 24.4 Å². The van der Waals surface area contributed by atoms with Crippen LogP contribution in [0.1, 0.15) is 30.6 Å². The highest BCUT2D eigenvalue weighted by molar-refractivity contribution is 9.10. The number of rotatable bonds is 6. The molecule has 1 heterocycles. The van der Waals surface area contributed by atoms with Crippen LogP contribution in [0.3, 0.4) is 0 Å². The fourth-order valence-electron chi connectivity index (χ4n) is 1.61. The molecule has 1 nitrogen and oxygen atoms in total. The third-order valence-corrected chi connectivity index (χ3v) is 5.13. The Morgan fingerprint density at radius 2 is 2.33 bits per heavy atom. The lowest BCUT2D eigenvalue weighted by atomic mass is 10.2. The van der Waals surface area contributed by atoms with Crippen LogP contribution in [0.25, 0.3) is 0 Å². The lowest BCUT2D eigenvalue weighted by Gasteiger charge is -2.01. The summed E-state index contributed by atoms with van der Waals surface area (Å²) < 4.78 is 1.87. The Kier molecular flexibility index (Phi) is 4.50. The van der Waals surface area contributed by atoms with Crippen molar-refractivity contribution >= 4 is 38.9 Å². The molecule has 2 rings (SSSR count). The fraction of sp³-hybridized carbons (Fsp3) is 0.636. The summed E-state index contributed by atoms with van der Waals surface area (Å²) in [6, 6.07) is 2.10. The van der Waals surface area contributed by atoms with E-state index < -0.39 is 0 Å². The van der Waals surface area contributed by atoms with Gasteiger partial charge in [-0.05, 0) is 47.3 Å². The highest BCUT2D eigenvalue weighted by atomic mass is 79.9. The summed E-state index contributed by atoms with van der Waals surface area (Å²) >= 11 is 11.0. The summed E-state index contributed by atoms with van der Waals surface area (Å²) in [4.78, 5) is 1.30. The van der Waals surface area contributed by atoms with E-state index in [2.05, 4.69) is 27.3 Å². The lowest BCUT2D eigenvalue weighted by Crippen LogP contribution is -2.13. The van der Waals surface area contributed by atoms with Crippen LogP contribution in [0.15, 0.2) is 10.5 Å². The van der Waals surface area contributed by atoms with Crippen LogP contribution < -0.4 is 5.32 Å². The first kappa shape index (κ1) is 11.9.